The van der Waals surface area contributed by atoms with Crippen molar-refractivity contribution in [3.63, 3.8) is 0 Å². The van der Waals surface area contributed by atoms with Gasteiger partial charge in [0.2, 0.25) is 0 Å². The molecule has 0 bridgehead atoms. The Morgan fingerprint density at radius 3 is 2.96 bits per heavy atom. The maximum Gasteiger partial charge on any atom is 0.356 e. The molecule has 0 radical (unpaired) electrons. The van der Waals surface area contributed by atoms with Gasteiger partial charge in [0, 0.05) is 50.4 Å². The zero-order valence-electron chi connectivity index (χ0n) is 14.3. The summed E-state index contributed by atoms with van der Waals surface area (Å²) in [6, 6.07) is 0.810. The van der Waals surface area contributed by atoms with Crippen LogP contribution in [-0.2, 0) is 11.3 Å². The molecule has 0 aromatic carbocycles. The highest BCUT2D eigenvalue weighted by Crippen LogP contribution is 2.19. The summed E-state index contributed by atoms with van der Waals surface area (Å²) in [5.74, 6) is -0.354. The predicted molar refractivity (Wildman–Crippen MR) is 87.2 cm³/mol. The van der Waals surface area contributed by atoms with E-state index in [1.807, 2.05) is 0 Å². The topological polar surface area (TPSA) is 81.7 Å². The Morgan fingerprint density at radius 1 is 1.52 bits per heavy atom. The largest absolute Gasteiger partial charge is 0.461 e. The van der Waals surface area contributed by atoms with E-state index in [1.54, 1.807) is 13.1 Å². The van der Waals surface area contributed by atoms with E-state index in [2.05, 4.69) is 33.8 Å². The molecule has 0 unspecified atom stereocenters. The van der Waals surface area contributed by atoms with Gasteiger partial charge in [0.25, 0.3) is 0 Å². The standard InChI is InChI=1S/C16H28N4O3/c1-4-23-16(22)15-13(9-17-18-15)10-19-6-7-20(12(2)3)14(11-19)5-8-21/h9,12,14,21H,4-8,10-11H2,1-3H3,(H,17,18)/t14-/m0/s1. The van der Waals surface area contributed by atoms with Gasteiger partial charge in [-0.2, -0.15) is 5.10 Å². The first-order chi connectivity index (χ1) is 11.1. The summed E-state index contributed by atoms with van der Waals surface area (Å²) in [7, 11) is 0. The van der Waals surface area contributed by atoms with Crippen LogP contribution in [0.3, 0.4) is 0 Å². The van der Waals surface area contributed by atoms with Crippen molar-refractivity contribution in [2.75, 3.05) is 32.8 Å². The minimum Gasteiger partial charge on any atom is -0.461 e. The molecule has 1 aliphatic heterocycles. The van der Waals surface area contributed by atoms with Crippen LogP contribution < -0.4 is 0 Å². The number of aliphatic hydroxyl groups excluding tert-OH is 1. The van der Waals surface area contributed by atoms with Crippen LogP contribution in [0.1, 0.15) is 43.2 Å². The average molecular weight is 324 g/mol. The molecule has 2 N–H and O–H groups in total. The number of aliphatic hydroxyl groups is 1. The SMILES string of the molecule is CCOC(=O)c1[nH]ncc1CN1CCN(C(C)C)[C@@H](CCO)C1. The van der Waals surface area contributed by atoms with Gasteiger partial charge in [0.1, 0.15) is 5.69 Å². The minimum absolute atomic E-state index is 0.196. The molecule has 0 aliphatic carbocycles. The number of ether oxygens (including phenoxy) is 1. The van der Waals surface area contributed by atoms with Crippen LogP contribution in [0.25, 0.3) is 0 Å². The molecule has 7 heteroatoms. The Kier molecular flexibility index (Phi) is 6.56. The number of hydrogen-bond donors (Lipinski definition) is 2. The Balaban J connectivity index is 2.01. The fourth-order valence-corrected chi connectivity index (χ4v) is 3.22. The molecule has 130 valence electrons. The normalized spacial score (nSPS) is 20.1. The first-order valence-electron chi connectivity index (χ1n) is 8.35. The van der Waals surface area contributed by atoms with Crippen LogP contribution in [-0.4, -0.2) is 76.0 Å². The van der Waals surface area contributed by atoms with Gasteiger partial charge in [-0.05, 0) is 27.2 Å². The van der Waals surface area contributed by atoms with Gasteiger partial charge in [-0.3, -0.25) is 14.9 Å². The van der Waals surface area contributed by atoms with Crippen LogP contribution in [0.2, 0.25) is 0 Å². The van der Waals surface area contributed by atoms with Crippen molar-refractivity contribution in [1.29, 1.82) is 0 Å². The average Bonchev–Trinajstić information content (AvgIpc) is 2.96. The van der Waals surface area contributed by atoms with Gasteiger partial charge in [-0.15, -0.1) is 0 Å². The molecule has 23 heavy (non-hydrogen) atoms. The summed E-state index contributed by atoms with van der Waals surface area (Å²) in [6.07, 6.45) is 2.47. The molecule has 1 saturated heterocycles. The second kappa shape index (κ2) is 8.42. The summed E-state index contributed by atoms with van der Waals surface area (Å²) in [5, 5.41) is 16.0. The summed E-state index contributed by atoms with van der Waals surface area (Å²) >= 11 is 0. The first-order valence-corrected chi connectivity index (χ1v) is 8.35. The van der Waals surface area contributed by atoms with Crippen molar-refractivity contribution < 1.29 is 14.6 Å². The van der Waals surface area contributed by atoms with E-state index in [-0.39, 0.29) is 12.6 Å². The van der Waals surface area contributed by atoms with Crippen LogP contribution >= 0.6 is 0 Å². The molecule has 7 nitrogen and oxygen atoms in total. The third-order valence-electron chi connectivity index (χ3n) is 4.33. The number of esters is 1. The molecule has 2 rings (SSSR count). The zero-order valence-corrected chi connectivity index (χ0v) is 14.3. The van der Waals surface area contributed by atoms with E-state index in [1.165, 1.54) is 0 Å². The van der Waals surface area contributed by atoms with E-state index in [4.69, 9.17) is 4.74 Å². The van der Waals surface area contributed by atoms with E-state index in [0.717, 1.165) is 31.6 Å². The van der Waals surface area contributed by atoms with Gasteiger partial charge >= 0.3 is 5.97 Å². The summed E-state index contributed by atoms with van der Waals surface area (Å²) in [4.78, 5) is 16.7. The predicted octanol–water partition coefficient (Wildman–Crippen LogP) is 0.863. The van der Waals surface area contributed by atoms with Crippen LogP contribution in [0.15, 0.2) is 6.20 Å². The lowest BCUT2D eigenvalue weighted by Gasteiger charge is -2.43. The van der Waals surface area contributed by atoms with Crippen molar-refractivity contribution in [1.82, 2.24) is 20.0 Å². The van der Waals surface area contributed by atoms with Crippen molar-refractivity contribution in [2.24, 2.45) is 0 Å². The second-order valence-corrected chi connectivity index (χ2v) is 6.22. The third-order valence-corrected chi connectivity index (χ3v) is 4.33. The molecular formula is C16H28N4O3. The van der Waals surface area contributed by atoms with Crippen molar-refractivity contribution in [2.45, 2.75) is 45.8 Å². The summed E-state index contributed by atoms with van der Waals surface area (Å²) in [6.45, 7) is 10.2. The number of aromatic nitrogens is 2. The van der Waals surface area contributed by atoms with E-state index in [0.29, 0.717) is 30.9 Å². The number of carbonyl (C=O) groups is 1. The van der Waals surface area contributed by atoms with Gasteiger partial charge in [0.15, 0.2) is 0 Å². The highest BCUT2D eigenvalue weighted by Gasteiger charge is 2.29. The number of H-pyrrole nitrogens is 1. The molecular weight excluding hydrogens is 296 g/mol. The Morgan fingerprint density at radius 2 is 2.30 bits per heavy atom. The number of carbonyl (C=O) groups excluding carboxylic acids is 1. The van der Waals surface area contributed by atoms with Crippen molar-refractivity contribution in [3.05, 3.63) is 17.5 Å². The lowest BCUT2D eigenvalue weighted by Crippen LogP contribution is -2.55. The molecule has 2 heterocycles. The molecule has 1 aliphatic rings. The highest BCUT2D eigenvalue weighted by molar-refractivity contribution is 5.88. The van der Waals surface area contributed by atoms with E-state index in [9.17, 15) is 9.90 Å². The number of aromatic amines is 1. The van der Waals surface area contributed by atoms with Crippen LogP contribution in [0.4, 0.5) is 0 Å². The molecule has 1 fully saturated rings. The van der Waals surface area contributed by atoms with Crippen LogP contribution in [0, 0.1) is 0 Å². The van der Waals surface area contributed by atoms with Gasteiger partial charge in [0.05, 0.1) is 12.8 Å². The number of nitrogens with one attached hydrogen (secondary N) is 1. The zero-order chi connectivity index (χ0) is 16.8. The van der Waals surface area contributed by atoms with E-state index < -0.39 is 0 Å². The molecule has 1 aromatic rings. The highest BCUT2D eigenvalue weighted by atomic mass is 16.5. The first kappa shape index (κ1) is 17.9. The van der Waals surface area contributed by atoms with Gasteiger partial charge in [-0.1, -0.05) is 0 Å². The fraction of sp³-hybridized carbons (Fsp3) is 0.750. The molecule has 1 atom stereocenters. The number of nitrogens with zero attached hydrogens (tertiary/aromatic N) is 3. The maximum atomic E-state index is 11.9. The molecule has 0 spiro atoms. The van der Waals surface area contributed by atoms with Crippen molar-refractivity contribution in [3.8, 4) is 0 Å². The second-order valence-electron chi connectivity index (χ2n) is 6.22. The van der Waals surface area contributed by atoms with E-state index >= 15 is 0 Å². The maximum absolute atomic E-state index is 11.9. The number of rotatable bonds is 7. The quantitative estimate of drug-likeness (QED) is 0.724. The Bertz CT molecular complexity index is 503. The summed E-state index contributed by atoms with van der Waals surface area (Å²) in [5.41, 5.74) is 1.31. The fourth-order valence-electron chi connectivity index (χ4n) is 3.22. The Hall–Kier alpha value is -1.44. The third kappa shape index (κ3) is 4.53. The molecule has 0 amide bonds. The van der Waals surface area contributed by atoms with Gasteiger partial charge in [-0.25, -0.2) is 4.79 Å². The molecule has 1 aromatic heterocycles. The number of piperazine rings is 1. The number of hydrogen-bond acceptors (Lipinski definition) is 6. The van der Waals surface area contributed by atoms with Crippen molar-refractivity contribution >= 4 is 5.97 Å². The lowest BCUT2D eigenvalue weighted by molar-refractivity contribution is 0.0344. The smallest absolute Gasteiger partial charge is 0.356 e. The molecule has 0 saturated carbocycles. The van der Waals surface area contributed by atoms with Crippen LogP contribution in [0.5, 0.6) is 0 Å². The Labute approximate surface area is 137 Å². The summed E-state index contributed by atoms with van der Waals surface area (Å²) < 4.78 is 5.05. The van der Waals surface area contributed by atoms with Gasteiger partial charge < -0.3 is 9.84 Å². The lowest BCUT2D eigenvalue weighted by atomic mass is 10.1. The monoisotopic (exact) mass is 324 g/mol. The minimum atomic E-state index is -0.354.